The van der Waals surface area contributed by atoms with Crippen LogP contribution in [0.25, 0.3) is 11.0 Å². The number of benzene rings is 1. The highest BCUT2D eigenvalue weighted by Crippen LogP contribution is 2.10. The summed E-state index contributed by atoms with van der Waals surface area (Å²) in [6, 6.07) is 3.52. The van der Waals surface area contributed by atoms with Crippen molar-refractivity contribution < 1.29 is 2.97 Å². The van der Waals surface area contributed by atoms with Gasteiger partial charge < -0.3 is 15.7 Å². The molecule has 2 aromatic rings. The van der Waals surface area contributed by atoms with Crippen LogP contribution in [0.4, 0.5) is 5.69 Å². The molecule has 1 aromatic carbocycles. The molecule has 0 spiro atoms. The Morgan fingerprint density at radius 1 is 1.36 bits per heavy atom. The SMILES string of the molecule is CC.[2H][2H].[B]c1cc2[nH]c(=S)[nH]c2cc1N. The van der Waals surface area contributed by atoms with E-state index in [4.69, 9.17) is 28.8 Å². The Hall–Kier alpha value is -1.23. The summed E-state index contributed by atoms with van der Waals surface area (Å²) in [5.41, 5.74) is 8.49. The van der Waals surface area contributed by atoms with Crippen molar-refractivity contribution >= 4 is 42.2 Å². The fraction of sp³-hybridized carbons (Fsp3) is 0.222. The average molecular weight is 209 g/mol. The summed E-state index contributed by atoms with van der Waals surface area (Å²) in [6.45, 7) is 4.00. The molecule has 4 N–H and O–H groups in total. The van der Waals surface area contributed by atoms with Crippen LogP contribution in [0.5, 0.6) is 0 Å². The zero-order valence-electron chi connectivity index (χ0n) is 10.2. The molecule has 0 atom stereocenters. The first-order chi connectivity index (χ1) is 7.66. The third-order valence-corrected chi connectivity index (χ3v) is 1.92. The number of H-pyrrole nitrogens is 2. The molecule has 0 fully saturated rings. The lowest BCUT2D eigenvalue weighted by Crippen LogP contribution is -2.08. The van der Waals surface area contributed by atoms with E-state index in [0.29, 0.717) is 15.9 Å². The first kappa shape index (κ1) is 9.33. The van der Waals surface area contributed by atoms with E-state index in [2.05, 4.69) is 9.97 Å². The Bertz CT molecular complexity index is 453. The van der Waals surface area contributed by atoms with E-state index in [-0.39, 0.29) is 0 Å². The van der Waals surface area contributed by atoms with Crippen LogP contribution in [0.2, 0.25) is 0 Å². The van der Waals surface area contributed by atoms with Gasteiger partial charge in [-0.1, -0.05) is 19.3 Å². The number of fused-ring (bicyclic) bond motifs is 1. The monoisotopic (exact) mass is 209 g/mol. The van der Waals surface area contributed by atoms with Crippen molar-refractivity contribution in [2.24, 2.45) is 0 Å². The van der Waals surface area contributed by atoms with Crippen LogP contribution in [0, 0.1) is 4.77 Å². The maximum absolute atomic E-state index is 5.60. The fourth-order valence-corrected chi connectivity index (χ4v) is 1.34. The number of aromatic amines is 2. The lowest BCUT2D eigenvalue weighted by atomic mass is 9.94. The number of hydrogen-bond donors (Lipinski definition) is 3. The van der Waals surface area contributed by atoms with E-state index in [1.807, 2.05) is 13.8 Å². The molecule has 1 heterocycles. The van der Waals surface area contributed by atoms with E-state index in [0.717, 1.165) is 11.0 Å². The largest absolute Gasteiger partial charge is 0.399 e. The highest BCUT2D eigenvalue weighted by molar-refractivity contribution is 7.71. The summed E-state index contributed by atoms with van der Waals surface area (Å²) >= 11 is 4.91. The minimum atomic E-state index is 0.563. The molecule has 0 saturated carbocycles. The molecule has 0 amide bonds. The summed E-state index contributed by atoms with van der Waals surface area (Å²) in [6.07, 6.45) is 0. The molecule has 0 aliphatic rings. The molecule has 2 radical (unpaired) electrons. The van der Waals surface area contributed by atoms with Crippen molar-refractivity contribution in [2.75, 3.05) is 5.73 Å². The van der Waals surface area contributed by atoms with Gasteiger partial charge in [-0.2, -0.15) is 0 Å². The van der Waals surface area contributed by atoms with Crippen LogP contribution in [0.3, 0.4) is 0 Å². The number of nitrogens with two attached hydrogens (primary N) is 1. The molecule has 14 heavy (non-hydrogen) atoms. The van der Waals surface area contributed by atoms with Crippen molar-refractivity contribution in [1.29, 1.82) is 0 Å². The van der Waals surface area contributed by atoms with Gasteiger partial charge in [0, 0.05) is 8.66 Å². The average Bonchev–Trinajstić information content (AvgIpc) is 2.64. The van der Waals surface area contributed by atoms with E-state index in [1.54, 1.807) is 12.1 Å². The Labute approximate surface area is 92.2 Å². The van der Waals surface area contributed by atoms with Crippen molar-refractivity contribution in [1.82, 2.24) is 9.97 Å². The van der Waals surface area contributed by atoms with Gasteiger partial charge in [-0.05, 0) is 24.4 Å². The number of nitrogens with one attached hydrogen (secondary N) is 2. The lowest BCUT2D eigenvalue weighted by molar-refractivity contribution is 1.30. The Morgan fingerprint density at radius 3 is 2.43 bits per heavy atom. The van der Waals surface area contributed by atoms with Crippen molar-refractivity contribution in [3.63, 3.8) is 0 Å². The van der Waals surface area contributed by atoms with E-state index >= 15 is 0 Å². The predicted octanol–water partition coefficient (Wildman–Crippen LogP) is 1.87. The fourth-order valence-electron chi connectivity index (χ4n) is 1.12. The zero-order chi connectivity index (χ0) is 12.7. The Balaban J connectivity index is 0.000000509. The first-order valence-electron chi connectivity index (χ1n) is 5.44. The molecule has 0 unspecified atom stereocenters. The third-order valence-electron chi connectivity index (χ3n) is 1.72. The Kier molecular flexibility index (Phi) is 2.88. The molecule has 74 valence electrons. The predicted molar refractivity (Wildman–Crippen MR) is 66.7 cm³/mol. The zero-order valence-corrected chi connectivity index (χ0v) is 9.03. The highest BCUT2D eigenvalue weighted by atomic mass is 32.1. The molecular formula is C9H14BN3S. The quantitative estimate of drug-likeness (QED) is 0.352. The third kappa shape index (κ3) is 1.98. The van der Waals surface area contributed by atoms with Crippen LogP contribution in [-0.2, 0) is 0 Å². The van der Waals surface area contributed by atoms with Crippen LogP contribution < -0.4 is 11.2 Å². The van der Waals surface area contributed by atoms with E-state index in [9.17, 15) is 0 Å². The van der Waals surface area contributed by atoms with Gasteiger partial charge in [-0.25, -0.2) is 0 Å². The van der Waals surface area contributed by atoms with Gasteiger partial charge in [0.15, 0.2) is 4.77 Å². The number of hydrogen-bond acceptors (Lipinski definition) is 2. The van der Waals surface area contributed by atoms with Crippen molar-refractivity contribution in [3.8, 4) is 0 Å². The first-order valence-corrected chi connectivity index (χ1v) is 4.84. The summed E-state index contributed by atoms with van der Waals surface area (Å²) in [7, 11) is 5.60. The second-order valence-corrected chi connectivity index (χ2v) is 3.01. The van der Waals surface area contributed by atoms with Gasteiger partial charge in [0.05, 0.1) is 11.0 Å². The second-order valence-electron chi connectivity index (χ2n) is 2.61. The summed E-state index contributed by atoms with van der Waals surface area (Å²) in [4.78, 5) is 5.90. The van der Waals surface area contributed by atoms with Crippen LogP contribution in [-0.4, -0.2) is 17.8 Å². The smallest absolute Gasteiger partial charge is 0.175 e. The van der Waals surface area contributed by atoms with Gasteiger partial charge in [0.2, 0.25) is 0 Å². The highest BCUT2D eigenvalue weighted by Gasteiger charge is 1.98. The molecule has 0 aliphatic heterocycles. The van der Waals surface area contributed by atoms with E-state index in [1.165, 1.54) is 0 Å². The van der Waals surface area contributed by atoms with Gasteiger partial charge >= 0.3 is 0 Å². The molecular weight excluding hydrogens is 193 g/mol. The number of anilines is 1. The molecule has 0 saturated heterocycles. The Morgan fingerprint density at radius 2 is 1.86 bits per heavy atom. The lowest BCUT2D eigenvalue weighted by Gasteiger charge is -1.98. The topological polar surface area (TPSA) is 57.6 Å². The molecule has 0 bridgehead atoms. The maximum Gasteiger partial charge on any atom is 0.175 e. The summed E-state index contributed by atoms with van der Waals surface area (Å²) < 4.78 is 10.6. The van der Waals surface area contributed by atoms with Gasteiger partial charge in [0.1, 0.15) is 7.85 Å². The molecule has 3 nitrogen and oxygen atoms in total. The normalized spacial score (nSPS) is 10.1. The maximum atomic E-state index is 5.60. The molecule has 2 rings (SSSR count). The van der Waals surface area contributed by atoms with Crippen molar-refractivity contribution in [2.45, 2.75) is 13.8 Å². The van der Waals surface area contributed by atoms with Crippen LogP contribution in [0.15, 0.2) is 12.1 Å². The number of nitrogen functional groups attached to an aromatic ring is 1. The van der Waals surface area contributed by atoms with Crippen LogP contribution >= 0.6 is 12.2 Å². The number of rotatable bonds is 0. The standard InChI is InChI=1S/C7H6BN3S.C2H6.H2/c8-3-1-5-6(2-4(3)9)11-7(12)10-5;1-2;/h1-2H,9H2,(H2,10,11,12);1-2H3;1H/i;;1+1D. The number of aromatic nitrogens is 2. The molecule has 1 aromatic heterocycles. The minimum absolute atomic E-state index is 0.563. The molecule has 5 heteroatoms. The van der Waals surface area contributed by atoms with E-state index < -0.39 is 0 Å². The van der Waals surface area contributed by atoms with Gasteiger partial charge in [-0.3, -0.25) is 0 Å². The summed E-state index contributed by atoms with van der Waals surface area (Å²) in [5, 5.41) is 0. The molecule has 0 aliphatic carbocycles. The summed E-state index contributed by atoms with van der Waals surface area (Å²) in [5.74, 6) is 0. The van der Waals surface area contributed by atoms with Gasteiger partial charge in [-0.15, -0.1) is 0 Å². The number of imidazole rings is 1. The second kappa shape index (κ2) is 4.33. The van der Waals surface area contributed by atoms with Crippen LogP contribution in [0.1, 0.15) is 16.8 Å². The minimum Gasteiger partial charge on any atom is -0.399 e. The van der Waals surface area contributed by atoms with Gasteiger partial charge in [0.25, 0.3) is 0 Å². The van der Waals surface area contributed by atoms with Crippen molar-refractivity contribution in [3.05, 3.63) is 16.9 Å².